The first-order valence-corrected chi connectivity index (χ1v) is 21.8. The summed E-state index contributed by atoms with van der Waals surface area (Å²) in [6.45, 7) is 0. The molecule has 3 nitrogen and oxygen atoms in total. The molecule has 14 rings (SSSR count). The highest BCUT2D eigenvalue weighted by Gasteiger charge is 2.21. The van der Waals surface area contributed by atoms with Crippen LogP contribution in [0.3, 0.4) is 0 Å². The maximum atomic E-state index is 2.46. The van der Waals surface area contributed by atoms with Crippen molar-refractivity contribution in [1.82, 2.24) is 8.97 Å². The molecule has 0 unspecified atom stereocenters. The van der Waals surface area contributed by atoms with Gasteiger partial charge >= 0.3 is 0 Å². The Morgan fingerprint density at radius 1 is 0.254 bits per heavy atom. The Labute approximate surface area is 362 Å². The third-order valence-corrected chi connectivity index (χ3v) is 13.6. The summed E-state index contributed by atoms with van der Waals surface area (Å²) in [6.07, 6.45) is 0. The molecular formula is C60H37N3. The van der Waals surface area contributed by atoms with Crippen LogP contribution < -0.4 is 4.90 Å². The smallest absolute Gasteiger partial charge is 0.0620 e. The maximum absolute atomic E-state index is 2.46. The second-order valence-electron chi connectivity index (χ2n) is 16.9. The van der Waals surface area contributed by atoms with Gasteiger partial charge in [0.2, 0.25) is 0 Å². The Balaban J connectivity index is 0.969. The molecule has 63 heavy (non-hydrogen) atoms. The third kappa shape index (κ3) is 4.90. The maximum Gasteiger partial charge on any atom is 0.0620 e. The largest absolute Gasteiger partial charge is 0.310 e. The predicted molar refractivity (Wildman–Crippen MR) is 268 cm³/mol. The van der Waals surface area contributed by atoms with Gasteiger partial charge in [-0.2, -0.15) is 0 Å². The van der Waals surface area contributed by atoms with Crippen LogP contribution in [-0.2, 0) is 0 Å². The fourth-order valence-corrected chi connectivity index (χ4v) is 10.9. The fraction of sp³-hybridized carbons (Fsp3) is 0. The molecule has 0 radical (unpaired) electrons. The average molecular weight is 800 g/mol. The molecule has 0 bridgehead atoms. The molecule has 14 aromatic rings. The lowest BCUT2D eigenvalue weighted by molar-refractivity contribution is 1.18. The Bertz CT molecular complexity index is 4100. The molecule has 0 saturated heterocycles. The molecule has 3 aromatic heterocycles. The first-order valence-electron chi connectivity index (χ1n) is 21.8. The number of aromatic nitrogens is 2. The zero-order chi connectivity index (χ0) is 41.2. The van der Waals surface area contributed by atoms with Crippen molar-refractivity contribution < 1.29 is 0 Å². The Morgan fingerprint density at radius 3 is 1.41 bits per heavy atom. The normalized spacial score (nSPS) is 12.1. The lowest BCUT2D eigenvalue weighted by Gasteiger charge is -2.27. The van der Waals surface area contributed by atoms with Crippen LogP contribution in [0.15, 0.2) is 224 Å². The second-order valence-corrected chi connectivity index (χ2v) is 16.9. The number of rotatable bonds is 5. The highest BCUT2D eigenvalue weighted by Crippen LogP contribution is 2.44. The van der Waals surface area contributed by atoms with Crippen LogP contribution in [0.1, 0.15) is 0 Å². The minimum atomic E-state index is 1.10. The summed E-state index contributed by atoms with van der Waals surface area (Å²) in [7, 11) is 0. The number of fused-ring (bicyclic) bond motifs is 15. The Hall–Kier alpha value is -8.40. The van der Waals surface area contributed by atoms with Crippen LogP contribution in [0.4, 0.5) is 17.1 Å². The van der Waals surface area contributed by atoms with Crippen LogP contribution >= 0.6 is 0 Å². The standard InChI is InChI=1S/C60H37N3/c1-2-13-40(14-3-1)62-56-23-10-9-20-50(56)55-37-43(31-34-58(55)62)61(42-30-33-48-46-17-5-4-15-44(46)45-16-6-7-18-47(45)54(48)36-42)41-28-25-38(26-29-41)39-27-32-51-53-22-12-21-52-49-19-8-11-24-57(49)63(60(52)53)59(51)35-39/h1-37H. The molecular weight excluding hydrogens is 763 g/mol. The lowest BCUT2D eigenvalue weighted by Crippen LogP contribution is -2.10. The van der Waals surface area contributed by atoms with Crippen LogP contribution in [0.2, 0.25) is 0 Å². The molecule has 0 saturated carbocycles. The summed E-state index contributed by atoms with van der Waals surface area (Å²) >= 11 is 0. The minimum Gasteiger partial charge on any atom is -0.310 e. The number of benzene rings is 11. The van der Waals surface area contributed by atoms with Gasteiger partial charge in [0.15, 0.2) is 0 Å². The highest BCUT2D eigenvalue weighted by atomic mass is 15.1. The molecule has 0 fully saturated rings. The number of hydrogen-bond donors (Lipinski definition) is 0. The van der Waals surface area contributed by atoms with Crippen LogP contribution in [-0.4, -0.2) is 8.97 Å². The Kier molecular flexibility index (Phi) is 7.11. The van der Waals surface area contributed by atoms with Gasteiger partial charge in [-0.3, -0.25) is 0 Å². The summed E-state index contributed by atoms with van der Waals surface area (Å²) < 4.78 is 4.85. The van der Waals surface area contributed by atoms with E-state index in [1.165, 1.54) is 103 Å². The van der Waals surface area contributed by atoms with Gasteiger partial charge < -0.3 is 13.9 Å². The highest BCUT2D eigenvalue weighted by molar-refractivity contribution is 6.26. The summed E-state index contributed by atoms with van der Waals surface area (Å²) in [5.74, 6) is 0. The van der Waals surface area contributed by atoms with E-state index in [-0.39, 0.29) is 0 Å². The molecule has 3 heteroatoms. The number of hydrogen-bond acceptors (Lipinski definition) is 1. The topological polar surface area (TPSA) is 12.6 Å². The summed E-state index contributed by atoms with van der Waals surface area (Å²) in [5.41, 5.74) is 13.0. The van der Waals surface area contributed by atoms with Gasteiger partial charge in [0.05, 0.1) is 27.6 Å². The van der Waals surface area contributed by atoms with Crippen molar-refractivity contribution in [3.8, 4) is 16.8 Å². The van der Waals surface area contributed by atoms with Crippen LogP contribution in [0.25, 0.3) is 109 Å². The van der Waals surface area contributed by atoms with E-state index in [0.717, 1.165) is 22.7 Å². The molecule has 0 N–H and O–H groups in total. The first-order chi connectivity index (χ1) is 31.3. The van der Waals surface area contributed by atoms with Crippen LogP contribution in [0.5, 0.6) is 0 Å². The Morgan fingerprint density at radius 2 is 0.714 bits per heavy atom. The van der Waals surface area contributed by atoms with E-state index in [2.05, 4.69) is 238 Å². The van der Waals surface area contributed by atoms with Gasteiger partial charge in [0, 0.05) is 55.1 Å². The second kappa shape index (κ2) is 13.1. The van der Waals surface area contributed by atoms with E-state index in [4.69, 9.17) is 0 Å². The van der Waals surface area contributed by atoms with E-state index in [1.807, 2.05) is 0 Å². The van der Waals surface area contributed by atoms with E-state index in [1.54, 1.807) is 0 Å². The molecule has 11 aromatic carbocycles. The van der Waals surface area contributed by atoms with Gasteiger partial charge in [-0.25, -0.2) is 0 Å². The quantitative estimate of drug-likeness (QED) is 0.158. The molecule has 3 heterocycles. The van der Waals surface area contributed by atoms with E-state index in [9.17, 15) is 0 Å². The average Bonchev–Trinajstić information content (AvgIpc) is 4.00. The zero-order valence-electron chi connectivity index (χ0n) is 34.2. The number of para-hydroxylation sites is 4. The first kappa shape index (κ1) is 34.3. The number of anilines is 3. The van der Waals surface area contributed by atoms with Crippen molar-refractivity contribution in [2.45, 2.75) is 0 Å². The van der Waals surface area contributed by atoms with Gasteiger partial charge in [-0.1, -0.05) is 152 Å². The third-order valence-electron chi connectivity index (χ3n) is 13.6. The summed E-state index contributed by atoms with van der Waals surface area (Å²) in [4.78, 5) is 2.43. The van der Waals surface area contributed by atoms with Gasteiger partial charge in [-0.15, -0.1) is 0 Å². The summed E-state index contributed by atoms with van der Waals surface area (Å²) in [6, 6.07) is 82.8. The van der Waals surface area contributed by atoms with Crippen molar-refractivity contribution in [3.05, 3.63) is 224 Å². The van der Waals surface area contributed by atoms with Gasteiger partial charge in [-0.05, 0) is 116 Å². The molecule has 292 valence electrons. The molecule has 0 aliphatic heterocycles. The van der Waals surface area contributed by atoms with E-state index < -0.39 is 0 Å². The molecule has 0 amide bonds. The van der Waals surface area contributed by atoms with E-state index in [0.29, 0.717) is 0 Å². The van der Waals surface area contributed by atoms with E-state index >= 15 is 0 Å². The van der Waals surface area contributed by atoms with Crippen molar-refractivity contribution >= 4 is 109 Å². The monoisotopic (exact) mass is 799 g/mol. The fourth-order valence-electron chi connectivity index (χ4n) is 10.9. The van der Waals surface area contributed by atoms with Crippen molar-refractivity contribution in [2.75, 3.05) is 4.90 Å². The lowest BCUT2D eigenvalue weighted by atomic mass is 9.94. The summed E-state index contributed by atoms with van der Waals surface area (Å²) in [5, 5.41) is 15.2. The van der Waals surface area contributed by atoms with Gasteiger partial charge in [0.1, 0.15) is 0 Å². The van der Waals surface area contributed by atoms with Gasteiger partial charge in [0.25, 0.3) is 0 Å². The molecule has 0 atom stereocenters. The molecule has 0 aliphatic carbocycles. The zero-order valence-corrected chi connectivity index (χ0v) is 34.2. The minimum absolute atomic E-state index is 1.10. The SMILES string of the molecule is c1ccc(-n2c3ccccc3c3cc(N(c4ccc(-c5ccc6c7cccc8c9ccccc9n(c6c5)c87)cc4)c4ccc5c6ccccc6c6ccccc6c5c4)ccc32)cc1. The molecule has 0 aliphatic rings. The van der Waals surface area contributed by atoms with Crippen molar-refractivity contribution in [1.29, 1.82) is 0 Å². The number of nitrogens with zero attached hydrogens (tertiary/aromatic N) is 3. The van der Waals surface area contributed by atoms with Crippen LogP contribution in [0, 0.1) is 0 Å². The predicted octanol–water partition coefficient (Wildman–Crippen LogP) is 16.5. The van der Waals surface area contributed by atoms with Crippen molar-refractivity contribution in [2.24, 2.45) is 0 Å². The van der Waals surface area contributed by atoms with Crippen molar-refractivity contribution in [3.63, 3.8) is 0 Å². The molecule has 0 spiro atoms.